The summed E-state index contributed by atoms with van der Waals surface area (Å²) < 4.78 is 0. The van der Waals surface area contributed by atoms with Gasteiger partial charge in [0.05, 0.1) is 0 Å². The monoisotopic (exact) mass is 295 g/mol. The van der Waals surface area contributed by atoms with Crippen molar-refractivity contribution < 1.29 is 9.59 Å². The minimum Gasteiger partial charge on any atom is -0.349 e. The van der Waals surface area contributed by atoms with Crippen molar-refractivity contribution in [3.8, 4) is 0 Å². The summed E-state index contributed by atoms with van der Waals surface area (Å²) in [4.78, 5) is 27.9. The van der Waals surface area contributed by atoms with Crippen LogP contribution >= 0.6 is 0 Å². The van der Waals surface area contributed by atoms with Crippen molar-refractivity contribution in [2.45, 2.75) is 6.54 Å². The van der Waals surface area contributed by atoms with Crippen molar-refractivity contribution in [1.82, 2.24) is 15.6 Å². The molecule has 1 aromatic carbocycles. The molecule has 112 valence electrons. The Labute approximate surface area is 129 Å². The second-order valence-electron chi connectivity index (χ2n) is 4.60. The molecule has 2 rings (SSSR count). The normalized spacial score (nSPS) is 9.82. The van der Waals surface area contributed by atoms with Gasteiger partial charge in [-0.3, -0.25) is 14.6 Å². The van der Waals surface area contributed by atoms with Crippen LogP contribution < -0.4 is 10.6 Å². The standard InChI is InChI=1S/C17H17N3O2/c1-2-9-19-16(21)14-8-10-18-15(11-14)17(22)20-12-13-6-4-3-5-7-13/h2-8,10-11H,1,9,12H2,(H,19,21)(H,20,22). The second-order valence-corrected chi connectivity index (χ2v) is 4.60. The predicted molar refractivity (Wildman–Crippen MR) is 84.4 cm³/mol. The number of rotatable bonds is 6. The third-order valence-electron chi connectivity index (χ3n) is 2.96. The number of nitrogens with one attached hydrogen (secondary N) is 2. The SMILES string of the molecule is C=CCNC(=O)c1ccnc(C(=O)NCc2ccccc2)c1. The van der Waals surface area contributed by atoms with E-state index in [0.29, 0.717) is 18.7 Å². The number of hydrogen-bond donors (Lipinski definition) is 2. The minimum absolute atomic E-state index is 0.210. The Morgan fingerprint density at radius 3 is 2.59 bits per heavy atom. The molecular formula is C17H17N3O2. The van der Waals surface area contributed by atoms with Gasteiger partial charge in [-0.15, -0.1) is 6.58 Å². The van der Waals surface area contributed by atoms with E-state index in [1.54, 1.807) is 12.1 Å². The van der Waals surface area contributed by atoms with Crippen molar-refractivity contribution in [3.05, 3.63) is 78.1 Å². The summed E-state index contributed by atoms with van der Waals surface area (Å²) in [6.45, 7) is 4.32. The Bertz CT molecular complexity index is 669. The molecule has 0 unspecified atom stereocenters. The summed E-state index contributed by atoms with van der Waals surface area (Å²) in [5.74, 6) is -0.582. The van der Waals surface area contributed by atoms with Crippen molar-refractivity contribution in [2.75, 3.05) is 6.54 Å². The first-order valence-corrected chi connectivity index (χ1v) is 6.88. The smallest absolute Gasteiger partial charge is 0.270 e. The lowest BCUT2D eigenvalue weighted by molar-refractivity contribution is 0.0946. The zero-order valence-corrected chi connectivity index (χ0v) is 12.1. The fourth-order valence-corrected chi connectivity index (χ4v) is 1.83. The van der Waals surface area contributed by atoms with Crippen molar-refractivity contribution in [3.63, 3.8) is 0 Å². The van der Waals surface area contributed by atoms with Crippen LogP contribution in [0, 0.1) is 0 Å². The average molecular weight is 295 g/mol. The molecule has 0 bridgehead atoms. The molecule has 0 saturated heterocycles. The zero-order valence-electron chi connectivity index (χ0n) is 12.1. The Morgan fingerprint density at radius 2 is 1.86 bits per heavy atom. The lowest BCUT2D eigenvalue weighted by Crippen LogP contribution is -2.26. The molecule has 1 heterocycles. The molecule has 2 amide bonds. The van der Waals surface area contributed by atoms with Crippen LogP contribution in [0.25, 0.3) is 0 Å². The van der Waals surface area contributed by atoms with Gasteiger partial charge < -0.3 is 10.6 Å². The number of carbonyl (C=O) groups is 2. The highest BCUT2D eigenvalue weighted by Crippen LogP contribution is 2.03. The largest absolute Gasteiger partial charge is 0.349 e. The molecule has 2 aromatic rings. The predicted octanol–water partition coefficient (Wildman–Crippen LogP) is 1.93. The third-order valence-corrected chi connectivity index (χ3v) is 2.96. The van der Waals surface area contributed by atoms with Crippen LogP contribution in [0.2, 0.25) is 0 Å². The van der Waals surface area contributed by atoms with Gasteiger partial charge in [-0.2, -0.15) is 0 Å². The molecule has 5 nitrogen and oxygen atoms in total. The molecule has 0 saturated carbocycles. The summed E-state index contributed by atoms with van der Waals surface area (Å²) in [5.41, 5.74) is 1.60. The van der Waals surface area contributed by atoms with Crippen molar-refractivity contribution in [2.24, 2.45) is 0 Å². The molecule has 0 fully saturated rings. The Balaban J connectivity index is 2.00. The van der Waals surface area contributed by atoms with E-state index >= 15 is 0 Å². The van der Waals surface area contributed by atoms with Gasteiger partial charge in [0.15, 0.2) is 0 Å². The van der Waals surface area contributed by atoms with E-state index in [2.05, 4.69) is 22.2 Å². The zero-order chi connectivity index (χ0) is 15.8. The van der Waals surface area contributed by atoms with Crippen LogP contribution in [-0.4, -0.2) is 23.3 Å². The number of hydrogen-bond acceptors (Lipinski definition) is 3. The Morgan fingerprint density at radius 1 is 1.09 bits per heavy atom. The van der Waals surface area contributed by atoms with Crippen LogP contribution in [0.1, 0.15) is 26.4 Å². The van der Waals surface area contributed by atoms with Gasteiger partial charge in [-0.1, -0.05) is 36.4 Å². The van der Waals surface area contributed by atoms with Crippen molar-refractivity contribution in [1.29, 1.82) is 0 Å². The molecule has 0 atom stereocenters. The maximum atomic E-state index is 12.1. The van der Waals surface area contributed by atoms with E-state index < -0.39 is 0 Å². The van der Waals surface area contributed by atoms with Crippen LogP contribution in [0.4, 0.5) is 0 Å². The first-order valence-electron chi connectivity index (χ1n) is 6.88. The first-order chi connectivity index (χ1) is 10.7. The maximum absolute atomic E-state index is 12.1. The highest BCUT2D eigenvalue weighted by atomic mass is 16.2. The van der Waals surface area contributed by atoms with E-state index in [0.717, 1.165) is 5.56 Å². The second kappa shape index (κ2) is 7.73. The number of pyridine rings is 1. The van der Waals surface area contributed by atoms with Gasteiger partial charge in [0.1, 0.15) is 5.69 Å². The fraction of sp³-hybridized carbons (Fsp3) is 0.118. The quantitative estimate of drug-likeness (QED) is 0.800. The van der Waals surface area contributed by atoms with Crippen LogP contribution in [-0.2, 0) is 6.54 Å². The molecule has 0 spiro atoms. The van der Waals surface area contributed by atoms with Gasteiger partial charge >= 0.3 is 0 Å². The number of aromatic nitrogens is 1. The van der Waals surface area contributed by atoms with Gasteiger partial charge in [0, 0.05) is 24.8 Å². The lowest BCUT2D eigenvalue weighted by atomic mass is 10.2. The summed E-state index contributed by atoms with van der Waals surface area (Å²) in [7, 11) is 0. The van der Waals surface area contributed by atoms with E-state index in [9.17, 15) is 9.59 Å². The van der Waals surface area contributed by atoms with Crippen LogP contribution in [0.3, 0.4) is 0 Å². The minimum atomic E-state index is -0.317. The maximum Gasteiger partial charge on any atom is 0.270 e. The van der Waals surface area contributed by atoms with E-state index in [1.165, 1.54) is 12.3 Å². The van der Waals surface area contributed by atoms with Crippen molar-refractivity contribution >= 4 is 11.8 Å². The topological polar surface area (TPSA) is 71.1 Å². The van der Waals surface area contributed by atoms with E-state index in [4.69, 9.17) is 0 Å². The Hall–Kier alpha value is -2.95. The molecule has 0 radical (unpaired) electrons. The van der Waals surface area contributed by atoms with Gasteiger partial charge in [0.2, 0.25) is 0 Å². The van der Waals surface area contributed by atoms with Gasteiger partial charge in [0.25, 0.3) is 11.8 Å². The average Bonchev–Trinajstić information content (AvgIpc) is 2.58. The Kier molecular flexibility index (Phi) is 5.43. The van der Waals surface area contributed by atoms with E-state index in [1.807, 2.05) is 30.3 Å². The summed E-state index contributed by atoms with van der Waals surface area (Å²) in [5, 5.41) is 5.43. The van der Waals surface area contributed by atoms with E-state index in [-0.39, 0.29) is 17.5 Å². The van der Waals surface area contributed by atoms with Crippen LogP contribution in [0.5, 0.6) is 0 Å². The molecule has 2 N–H and O–H groups in total. The molecule has 0 aliphatic carbocycles. The summed E-state index contributed by atoms with van der Waals surface area (Å²) in [6.07, 6.45) is 3.03. The molecule has 0 aliphatic heterocycles. The summed E-state index contributed by atoms with van der Waals surface area (Å²) in [6, 6.07) is 12.6. The van der Waals surface area contributed by atoms with Gasteiger partial charge in [-0.25, -0.2) is 0 Å². The number of amides is 2. The molecule has 5 heteroatoms. The summed E-state index contributed by atoms with van der Waals surface area (Å²) >= 11 is 0. The highest BCUT2D eigenvalue weighted by Gasteiger charge is 2.11. The first kappa shape index (κ1) is 15.4. The fourth-order valence-electron chi connectivity index (χ4n) is 1.83. The number of carbonyl (C=O) groups excluding carboxylic acids is 2. The number of nitrogens with zero attached hydrogens (tertiary/aromatic N) is 1. The third kappa shape index (κ3) is 4.28. The van der Waals surface area contributed by atoms with Crippen LogP contribution in [0.15, 0.2) is 61.3 Å². The highest BCUT2D eigenvalue weighted by molar-refractivity contribution is 5.98. The molecular weight excluding hydrogens is 278 g/mol. The molecule has 1 aromatic heterocycles. The molecule has 0 aliphatic rings. The lowest BCUT2D eigenvalue weighted by Gasteiger charge is -2.06. The number of benzene rings is 1. The molecule has 22 heavy (non-hydrogen) atoms. The van der Waals surface area contributed by atoms with Gasteiger partial charge in [-0.05, 0) is 17.7 Å².